The summed E-state index contributed by atoms with van der Waals surface area (Å²) in [4.78, 5) is 53.3. The minimum Gasteiger partial charge on any atom is -0.497 e. The first-order valence-corrected chi connectivity index (χ1v) is 10.2. The van der Waals surface area contributed by atoms with Crippen LogP contribution in [0.25, 0.3) is 0 Å². The van der Waals surface area contributed by atoms with Gasteiger partial charge in [0.2, 0.25) is 0 Å². The van der Waals surface area contributed by atoms with E-state index < -0.39 is 11.6 Å². The second-order valence-electron chi connectivity index (χ2n) is 7.98. The second-order valence-corrected chi connectivity index (χ2v) is 7.98. The Morgan fingerprint density at radius 1 is 0.968 bits per heavy atom. The maximum absolute atomic E-state index is 13.3. The number of aryl methyl sites for hydroxylation is 1. The van der Waals surface area contributed by atoms with Crippen LogP contribution in [0.2, 0.25) is 0 Å². The quantitative estimate of drug-likeness (QED) is 0.591. The minimum absolute atomic E-state index is 0.124. The lowest BCUT2D eigenvalue weighted by molar-refractivity contribution is -0.131. The zero-order valence-electron chi connectivity index (χ0n) is 17.0. The molecule has 0 saturated carbocycles. The van der Waals surface area contributed by atoms with Crippen molar-refractivity contribution in [2.24, 2.45) is 0 Å². The standard InChI is InChI=1S/C23H21N3O5/c1-31-15-8-7-14-9-10-23(18(14)13-15)21(29)26(22(30)24-23)12-4-11-25-19(27)16-5-2-3-6-17(16)20(25)28/h2-3,5-8,13H,4,9-12H2,1H3,(H,24,30)/t23-/m0/s1. The van der Waals surface area contributed by atoms with Crippen molar-refractivity contribution in [3.63, 3.8) is 0 Å². The van der Waals surface area contributed by atoms with Gasteiger partial charge in [-0.25, -0.2) is 4.79 Å². The third-order valence-electron chi connectivity index (χ3n) is 6.36. The van der Waals surface area contributed by atoms with E-state index in [9.17, 15) is 19.2 Å². The van der Waals surface area contributed by atoms with Crippen LogP contribution in [-0.4, -0.2) is 53.8 Å². The molecule has 2 heterocycles. The van der Waals surface area contributed by atoms with Crippen molar-refractivity contribution in [3.05, 3.63) is 64.7 Å². The van der Waals surface area contributed by atoms with Gasteiger partial charge in [0.15, 0.2) is 0 Å². The summed E-state index contributed by atoms with van der Waals surface area (Å²) in [5, 5.41) is 2.88. The van der Waals surface area contributed by atoms with Gasteiger partial charge in [0, 0.05) is 13.1 Å². The van der Waals surface area contributed by atoms with Gasteiger partial charge >= 0.3 is 6.03 Å². The molecule has 0 bridgehead atoms. The predicted octanol–water partition coefficient (Wildman–Crippen LogP) is 2.07. The SMILES string of the molecule is COc1ccc2c(c1)[C@]1(CC2)NC(=O)N(CCCN2C(=O)c3ccccc3C2=O)C1=O. The molecule has 8 heteroatoms. The molecule has 2 aliphatic heterocycles. The van der Waals surface area contributed by atoms with Crippen molar-refractivity contribution in [2.45, 2.75) is 24.8 Å². The smallest absolute Gasteiger partial charge is 0.325 e. The summed E-state index contributed by atoms with van der Waals surface area (Å²) in [6, 6.07) is 11.8. The normalized spacial score (nSPS) is 21.7. The summed E-state index contributed by atoms with van der Waals surface area (Å²) in [5.41, 5.74) is 1.49. The molecule has 158 valence electrons. The summed E-state index contributed by atoms with van der Waals surface area (Å²) in [7, 11) is 1.56. The third kappa shape index (κ3) is 2.74. The number of hydrogen-bond acceptors (Lipinski definition) is 5. The highest BCUT2D eigenvalue weighted by Crippen LogP contribution is 2.42. The topological polar surface area (TPSA) is 96.0 Å². The first-order valence-electron chi connectivity index (χ1n) is 10.2. The van der Waals surface area contributed by atoms with Crippen LogP contribution in [0.3, 0.4) is 0 Å². The Morgan fingerprint density at radius 3 is 2.32 bits per heavy atom. The maximum atomic E-state index is 13.3. The van der Waals surface area contributed by atoms with E-state index in [0.29, 0.717) is 36.1 Å². The van der Waals surface area contributed by atoms with Gasteiger partial charge < -0.3 is 10.1 Å². The van der Waals surface area contributed by atoms with Crippen LogP contribution >= 0.6 is 0 Å². The van der Waals surface area contributed by atoms with Crippen molar-refractivity contribution in [2.75, 3.05) is 20.2 Å². The number of benzene rings is 2. The monoisotopic (exact) mass is 419 g/mol. The number of carbonyl (C=O) groups excluding carboxylic acids is 4. The van der Waals surface area contributed by atoms with E-state index in [-0.39, 0.29) is 30.8 Å². The Labute approximate surface area is 178 Å². The number of ether oxygens (including phenoxy) is 1. The van der Waals surface area contributed by atoms with Gasteiger partial charge in [-0.3, -0.25) is 24.2 Å². The second kappa shape index (κ2) is 6.94. The summed E-state index contributed by atoms with van der Waals surface area (Å²) in [5.74, 6) is -0.352. The Kier molecular flexibility index (Phi) is 4.32. The highest BCUT2D eigenvalue weighted by Gasteiger charge is 2.55. The average Bonchev–Trinajstić information content (AvgIpc) is 3.35. The summed E-state index contributed by atoms with van der Waals surface area (Å²) in [6.45, 7) is 0.264. The molecule has 3 aliphatic rings. The average molecular weight is 419 g/mol. The van der Waals surface area contributed by atoms with E-state index in [0.717, 1.165) is 11.1 Å². The summed E-state index contributed by atoms with van der Waals surface area (Å²) in [6.07, 6.45) is 1.49. The van der Waals surface area contributed by atoms with Gasteiger partial charge in [-0.2, -0.15) is 0 Å². The molecule has 2 aromatic rings. The molecule has 0 radical (unpaired) electrons. The molecular formula is C23H21N3O5. The fourth-order valence-corrected chi connectivity index (χ4v) is 4.76. The fraction of sp³-hybridized carbons (Fsp3) is 0.304. The van der Waals surface area contributed by atoms with Crippen LogP contribution in [0.4, 0.5) is 4.79 Å². The van der Waals surface area contributed by atoms with Gasteiger partial charge in [0.05, 0.1) is 18.2 Å². The van der Waals surface area contributed by atoms with Crippen molar-refractivity contribution < 1.29 is 23.9 Å². The van der Waals surface area contributed by atoms with Crippen molar-refractivity contribution in [1.82, 2.24) is 15.1 Å². The Morgan fingerprint density at radius 2 is 1.65 bits per heavy atom. The molecule has 0 unspecified atom stereocenters. The molecule has 1 fully saturated rings. The number of carbonyl (C=O) groups is 4. The third-order valence-corrected chi connectivity index (χ3v) is 6.36. The van der Waals surface area contributed by atoms with Crippen LogP contribution < -0.4 is 10.1 Å². The number of amides is 5. The molecule has 2 aromatic carbocycles. The lowest BCUT2D eigenvalue weighted by atomic mass is 9.91. The number of urea groups is 1. The van der Waals surface area contributed by atoms with Gasteiger partial charge in [-0.1, -0.05) is 18.2 Å². The molecule has 5 rings (SSSR count). The number of rotatable bonds is 5. The van der Waals surface area contributed by atoms with Crippen molar-refractivity contribution >= 4 is 23.8 Å². The van der Waals surface area contributed by atoms with Crippen LogP contribution in [0.15, 0.2) is 42.5 Å². The zero-order chi connectivity index (χ0) is 21.8. The molecule has 1 aliphatic carbocycles. The highest BCUT2D eigenvalue weighted by molar-refractivity contribution is 6.21. The summed E-state index contributed by atoms with van der Waals surface area (Å²) >= 11 is 0. The number of nitrogens with zero attached hydrogens (tertiary/aromatic N) is 2. The molecule has 8 nitrogen and oxygen atoms in total. The van der Waals surface area contributed by atoms with E-state index in [1.54, 1.807) is 31.4 Å². The van der Waals surface area contributed by atoms with Crippen LogP contribution in [0.5, 0.6) is 5.75 Å². The minimum atomic E-state index is -1.07. The van der Waals surface area contributed by atoms with E-state index >= 15 is 0 Å². The lowest BCUT2D eigenvalue weighted by Crippen LogP contribution is -2.42. The maximum Gasteiger partial charge on any atom is 0.325 e. The van der Waals surface area contributed by atoms with E-state index in [4.69, 9.17) is 4.74 Å². The van der Waals surface area contributed by atoms with Crippen LogP contribution in [0.1, 0.15) is 44.7 Å². The highest BCUT2D eigenvalue weighted by atomic mass is 16.5. The first-order chi connectivity index (χ1) is 15.0. The van der Waals surface area contributed by atoms with Gasteiger partial charge in [-0.15, -0.1) is 0 Å². The van der Waals surface area contributed by atoms with Gasteiger partial charge in [0.1, 0.15) is 11.3 Å². The lowest BCUT2D eigenvalue weighted by Gasteiger charge is -2.23. The molecule has 1 N–H and O–H groups in total. The molecule has 5 amide bonds. The fourth-order valence-electron chi connectivity index (χ4n) is 4.76. The van der Waals surface area contributed by atoms with E-state index in [1.807, 2.05) is 18.2 Å². The van der Waals surface area contributed by atoms with Crippen molar-refractivity contribution in [1.29, 1.82) is 0 Å². The first kappa shape index (κ1) is 19.3. The molecule has 1 atom stereocenters. The van der Waals surface area contributed by atoms with Gasteiger partial charge in [0.25, 0.3) is 17.7 Å². The molecular weight excluding hydrogens is 398 g/mol. The van der Waals surface area contributed by atoms with E-state index in [2.05, 4.69) is 5.32 Å². The van der Waals surface area contributed by atoms with Crippen molar-refractivity contribution in [3.8, 4) is 5.75 Å². The Bertz CT molecular complexity index is 1110. The number of fused-ring (bicyclic) bond motifs is 3. The Balaban J connectivity index is 1.30. The zero-order valence-corrected chi connectivity index (χ0v) is 17.0. The van der Waals surface area contributed by atoms with Crippen LogP contribution in [0, 0.1) is 0 Å². The Hall–Kier alpha value is -3.68. The number of methoxy groups -OCH3 is 1. The molecule has 1 saturated heterocycles. The number of hydrogen-bond donors (Lipinski definition) is 1. The number of imide groups is 2. The van der Waals surface area contributed by atoms with Crippen LogP contribution in [-0.2, 0) is 16.8 Å². The van der Waals surface area contributed by atoms with E-state index in [1.165, 1.54) is 9.80 Å². The molecule has 0 aromatic heterocycles. The largest absolute Gasteiger partial charge is 0.497 e. The molecule has 1 spiro atoms. The predicted molar refractivity (Wildman–Crippen MR) is 110 cm³/mol. The number of nitrogens with one attached hydrogen (secondary N) is 1. The van der Waals surface area contributed by atoms with Gasteiger partial charge in [-0.05, 0) is 54.7 Å². The molecule has 31 heavy (non-hydrogen) atoms. The summed E-state index contributed by atoms with van der Waals surface area (Å²) < 4.78 is 5.29.